The molecule has 3 saturated carbocycles. The second-order valence-electron chi connectivity index (χ2n) is 15.1. The minimum absolute atomic E-state index is 0.00383. The van der Waals surface area contributed by atoms with Crippen molar-refractivity contribution in [1.29, 1.82) is 0 Å². The normalized spacial score (nSPS) is 31.0. The molecule has 0 aromatic heterocycles. The number of carbonyl (C=O) groups is 5. The Morgan fingerprint density at radius 1 is 1.15 bits per heavy atom. The van der Waals surface area contributed by atoms with Crippen LogP contribution in [0.3, 0.4) is 0 Å². The molecular weight excluding hydrogens is 692 g/mol. The molecule has 4 aliphatic carbocycles. The Bertz CT molecular complexity index is 1720. The summed E-state index contributed by atoms with van der Waals surface area (Å²) in [4.78, 5) is 74.2. The first-order chi connectivity index (χ1) is 24.4. The lowest BCUT2D eigenvalue weighted by atomic mass is 9.46. The number of aliphatic hydroxyl groups excluding tert-OH is 1. The number of amides is 1. The topological polar surface area (TPSA) is 199 Å². The Morgan fingerprint density at radius 3 is 2.58 bits per heavy atom. The third kappa shape index (κ3) is 7.34. The highest BCUT2D eigenvalue weighted by molar-refractivity contribution is 8.13. The van der Waals surface area contributed by atoms with Gasteiger partial charge < -0.3 is 25.0 Å². The maximum absolute atomic E-state index is 13.7. The number of fused-ring (bicyclic) bond motifs is 5. The number of rotatable bonds is 13. The van der Waals surface area contributed by atoms with Crippen LogP contribution in [-0.2, 0) is 28.7 Å². The second kappa shape index (κ2) is 15.2. The zero-order valence-corrected chi connectivity index (χ0v) is 31.1. The van der Waals surface area contributed by atoms with Gasteiger partial charge in [-0.15, -0.1) is 0 Å². The van der Waals surface area contributed by atoms with E-state index in [1.807, 2.05) is 19.9 Å². The van der Waals surface area contributed by atoms with E-state index in [1.54, 1.807) is 26.0 Å². The molecule has 4 aliphatic rings. The van der Waals surface area contributed by atoms with E-state index in [1.165, 1.54) is 19.1 Å². The second-order valence-corrected chi connectivity index (χ2v) is 16.2. The van der Waals surface area contributed by atoms with Crippen molar-refractivity contribution >= 4 is 46.0 Å². The Morgan fingerprint density at radius 2 is 1.88 bits per heavy atom. The molecule has 3 N–H and O–H groups in total. The predicted octanol–water partition coefficient (Wildman–Crippen LogP) is 4.26. The number of ether oxygens (including phenoxy) is 2. The molecule has 1 amide bonds. The highest BCUT2D eigenvalue weighted by Crippen LogP contribution is 2.67. The van der Waals surface area contributed by atoms with E-state index in [0.29, 0.717) is 36.1 Å². The van der Waals surface area contributed by atoms with Gasteiger partial charge in [0.25, 0.3) is 5.69 Å². The molecule has 14 heteroatoms. The zero-order chi connectivity index (χ0) is 38.2. The molecule has 1 unspecified atom stereocenters. The standard InChI is InChI=1S/C38H48N2O11S/c1-21-22(2)31(11-10-29(21)40(48)49)50-16-6-7-33(45)52-20-28(39-23(3)41)35(46)51-19-32(44)38(47)15-13-27-26-9-8-24-17-25(42)12-14-36(24,4)34(26)30(43)18-37(27,38)5/h10-12,14,17,26-28,30,34,43,47H,6-9,13,15-16,18-20H2,1-5H3,(H,39,41)/t26-,27-,28?,30-,34+,36-,37-,38-/m0/s1. The van der Waals surface area contributed by atoms with E-state index < -0.39 is 57.8 Å². The third-order valence-corrected chi connectivity index (χ3v) is 13.2. The number of nitro groups is 1. The maximum atomic E-state index is 13.7. The lowest BCUT2D eigenvalue weighted by molar-refractivity contribution is -0.385. The molecule has 0 heterocycles. The average molecular weight is 741 g/mol. The van der Waals surface area contributed by atoms with E-state index >= 15 is 0 Å². The number of ketones is 2. The number of thioether (sulfide) groups is 1. The monoisotopic (exact) mass is 740 g/mol. The van der Waals surface area contributed by atoms with Gasteiger partial charge in [-0.05, 0) is 82.4 Å². The lowest BCUT2D eigenvalue weighted by Gasteiger charge is -2.59. The summed E-state index contributed by atoms with van der Waals surface area (Å²) in [5.41, 5.74) is -1.17. The SMILES string of the molecule is CC(=O)NC(CSC(=O)CCCOc1ccc([N+](=O)[O-])c(C)c1C)C(=O)OCC(=O)[C@@]1(O)CC[C@H]2[C@@H]3CCC4=CC(=O)C=C[C@]4(C)[C@H]3[C@@H](O)C[C@@]21C. The minimum atomic E-state index is -1.85. The van der Waals surface area contributed by atoms with Crippen LogP contribution in [0, 0.1) is 52.5 Å². The van der Waals surface area contributed by atoms with Crippen LogP contribution in [0.2, 0.25) is 0 Å². The molecule has 52 heavy (non-hydrogen) atoms. The van der Waals surface area contributed by atoms with E-state index in [2.05, 4.69) is 5.32 Å². The zero-order valence-electron chi connectivity index (χ0n) is 30.3. The lowest BCUT2D eigenvalue weighted by Crippen LogP contribution is -2.61. The number of nitro benzene ring substituents is 1. The largest absolute Gasteiger partial charge is 0.493 e. The number of carbonyl (C=O) groups excluding carboxylic acids is 5. The summed E-state index contributed by atoms with van der Waals surface area (Å²) in [6.07, 6.45) is 7.04. The molecule has 5 rings (SSSR count). The van der Waals surface area contributed by atoms with Gasteiger partial charge in [-0.1, -0.05) is 37.3 Å². The number of hydrogen-bond donors (Lipinski definition) is 3. The van der Waals surface area contributed by atoms with E-state index in [9.17, 15) is 44.3 Å². The highest BCUT2D eigenvalue weighted by atomic mass is 32.2. The first kappa shape index (κ1) is 39.3. The summed E-state index contributed by atoms with van der Waals surface area (Å²) in [5, 5.41) is 36.9. The number of esters is 1. The number of nitrogens with zero attached hydrogens (tertiary/aromatic N) is 1. The molecule has 3 fully saturated rings. The first-order valence-corrected chi connectivity index (χ1v) is 18.8. The van der Waals surface area contributed by atoms with Crippen molar-refractivity contribution in [2.45, 2.75) is 97.3 Å². The number of nitrogens with one attached hydrogen (secondary N) is 1. The number of Topliss-reactive ketones (excluding diaryl/α,β-unsaturated/α-hetero) is 1. The van der Waals surface area contributed by atoms with Crippen LogP contribution in [0.15, 0.2) is 35.9 Å². The van der Waals surface area contributed by atoms with Crippen molar-refractivity contribution in [1.82, 2.24) is 5.32 Å². The van der Waals surface area contributed by atoms with Gasteiger partial charge in [-0.25, -0.2) is 4.79 Å². The van der Waals surface area contributed by atoms with Crippen molar-refractivity contribution in [3.05, 3.63) is 57.2 Å². The molecule has 1 aromatic rings. The molecule has 0 bridgehead atoms. The molecule has 13 nitrogen and oxygen atoms in total. The van der Waals surface area contributed by atoms with Crippen molar-refractivity contribution in [3.63, 3.8) is 0 Å². The summed E-state index contributed by atoms with van der Waals surface area (Å²) < 4.78 is 11.1. The summed E-state index contributed by atoms with van der Waals surface area (Å²) in [6.45, 7) is 7.90. The van der Waals surface area contributed by atoms with Crippen LogP contribution < -0.4 is 10.1 Å². The molecule has 0 aliphatic heterocycles. The van der Waals surface area contributed by atoms with Gasteiger partial charge in [0.1, 0.15) is 17.4 Å². The number of benzene rings is 1. The summed E-state index contributed by atoms with van der Waals surface area (Å²) >= 11 is 0.829. The van der Waals surface area contributed by atoms with Gasteiger partial charge in [-0.3, -0.25) is 29.3 Å². The van der Waals surface area contributed by atoms with Gasteiger partial charge >= 0.3 is 5.97 Å². The van der Waals surface area contributed by atoms with Crippen molar-refractivity contribution in [2.75, 3.05) is 19.0 Å². The van der Waals surface area contributed by atoms with Gasteiger partial charge in [-0.2, -0.15) is 0 Å². The van der Waals surface area contributed by atoms with Crippen LogP contribution in [0.25, 0.3) is 0 Å². The number of hydrogen-bond acceptors (Lipinski definition) is 12. The Kier molecular flexibility index (Phi) is 11.5. The molecule has 0 radical (unpaired) electrons. The van der Waals surface area contributed by atoms with Crippen LogP contribution >= 0.6 is 11.8 Å². The van der Waals surface area contributed by atoms with Gasteiger partial charge in [0.2, 0.25) is 11.7 Å². The van der Waals surface area contributed by atoms with Gasteiger partial charge in [0.05, 0.1) is 17.6 Å². The smallest absolute Gasteiger partial charge is 0.329 e. The minimum Gasteiger partial charge on any atom is -0.493 e. The Balaban J connectivity index is 1.14. The fourth-order valence-electron chi connectivity index (χ4n) is 9.34. The van der Waals surface area contributed by atoms with Crippen LogP contribution in [0.1, 0.15) is 76.8 Å². The molecule has 1 aromatic carbocycles. The average Bonchev–Trinajstić information content (AvgIpc) is 3.35. The van der Waals surface area contributed by atoms with E-state index in [4.69, 9.17) is 9.47 Å². The fourth-order valence-corrected chi connectivity index (χ4v) is 10.2. The van der Waals surface area contributed by atoms with Crippen molar-refractivity contribution < 1.29 is 48.6 Å². The first-order valence-electron chi connectivity index (χ1n) is 17.8. The number of allylic oxidation sites excluding steroid dienone is 4. The highest BCUT2D eigenvalue weighted by Gasteiger charge is 2.68. The van der Waals surface area contributed by atoms with Crippen molar-refractivity contribution in [3.8, 4) is 5.75 Å². The Labute approximate surface area is 307 Å². The van der Waals surface area contributed by atoms with Crippen molar-refractivity contribution in [2.24, 2.45) is 28.6 Å². The summed E-state index contributed by atoms with van der Waals surface area (Å²) in [6, 6.07) is 1.67. The number of aliphatic hydroxyl groups is 2. The van der Waals surface area contributed by atoms with E-state index in [-0.39, 0.29) is 66.0 Å². The molecule has 8 atom stereocenters. The maximum Gasteiger partial charge on any atom is 0.329 e. The Hall–Kier alpha value is -3.88. The van der Waals surface area contributed by atoms with Gasteiger partial charge in [0, 0.05) is 53.0 Å². The predicted molar refractivity (Wildman–Crippen MR) is 191 cm³/mol. The van der Waals surface area contributed by atoms with Crippen LogP contribution in [0.5, 0.6) is 5.75 Å². The fraction of sp³-hybridized carbons (Fsp3) is 0.605. The molecule has 0 saturated heterocycles. The van der Waals surface area contributed by atoms with Crippen LogP contribution in [0.4, 0.5) is 5.69 Å². The molecule has 0 spiro atoms. The van der Waals surface area contributed by atoms with Gasteiger partial charge in [0.15, 0.2) is 17.5 Å². The molecular formula is C38H48N2O11S. The summed E-state index contributed by atoms with van der Waals surface area (Å²) in [5.74, 6) is -2.06. The van der Waals surface area contributed by atoms with E-state index in [0.717, 1.165) is 23.8 Å². The third-order valence-electron chi connectivity index (χ3n) is 12.2. The quantitative estimate of drug-likeness (QED) is 0.113. The summed E-state index contributed by atoms with van der Waals surface area (Å²) in [7, 11) is 0. The van der Waals surface area contributed by atoms with Crippen LogP contribution in [-0.4, -0.2) is 80.4 Å². The molecule has 282 valence electrons.